The fraction of sp³-hybridized carbons (Fsp3) is 0.368. The van der Waals surface area contributed by atoms with Crippen LogP contribution in [-0.4, -0.2) is 19.5 Å². The Balaban J connectivity index is 2.48. The molecular weight excluding hydrogens is 272 g/mol. The molecule has 1 heterocycles. The summed E-state index contributed by atoms with van der Waals surface area (Å²) >= 11 is 0. The van der Waals surface area contributed by atoms with Crippen molar-refractivity contribution in [3.63, 3.8) is 0 Å². The smallest absolute Gasteiger partial charge is 0.134 e. The topological polar surface area (TPSA) is 37.9 Å². The highest BCUT2D eigenvalue weighted by molar-refractivity contribution is 6.01. The van der Waals surface area contributed by atoms with Crippen LogP contribution in [0.25, 0.3) is 16.7 Å². The van der Waals surface area contributed by atoms with Gasteiger partial charge in [-0.3, -0.25) is 9.98 Å². The van der Waals surface area contributed by atoms with Crippen molar-refractivity contribution in [2.75, 3.05) is 7.05 Å². The van der Waals surface area contributed by atoms with Crippen LogP contribution in [0.15, 0.2) is 44.9 Å². The molecule has 0 aliphatic heterocycles. The summed E-state index contributed by atoms with van der Waals surface area (Å²) in [5, 5.41) is 1.16. The third kappa shape index (κ3) is 3.53. The Hall–Kier alpha value is -2.16. The number of hydrogen-bond donors (Lipinski definition) is 0. The molecule has 2 rings (SSSR count). The highest BCUT2D eigenvalue weighted by Crippen LogP contribution is 2.27. The van der Waals surface area contributed by atoms with Gasteiger partial charge in [0.15, 0.2) is 0 Å². The SMILES string of the molecule is C=N/C(=C\C(CC)=NC)c1ccc2occ(CC(C)C)c2c1. The van der Waals surface area contributed by atoms with E-state index in [-0.39, 0.29) is 0 Å². The van der Waals surface area contributed by atoms with Crippen LogP contribution >= 0.6 is 0 Å². The first-order chi connectivity index (χ1) is 10.6. The molecule has 116 valence electrons. The molecule has 22 heavy (non-hydrogen) atoms. The Morgan fingerprint density at radius 1 is 1.36 bits per heavy atom. The minimum absolute atomic E-state index is 0.593. The number of allylic oxidation sites excluding steroid dienone is 1. The molecule has 0 N–H and O–H groups in total. The van der Waals surface area contributed by atoms with Gasteiger partial charge in [-0.15, -0.1) is 0 Å². The van der Waals surface area contributed by atoms with Crippen molar-refractivity contribution >= 4 is 29.1 Å². The molecule has 0 bridgehead atoms. The third-order valence-electron chi connectivity index (χ3n) is 3.70. The number of benzene rings is 1. The monoisotopic (exact) mass is 296 g/mol. The first-order valence-electron chi connectivity index (χ1n) is 7.73. The quantitative estimate of drug-likeness (QED) is 0.679. The van der Waals surface area contributed by atoms with Crippen LogP contribution in [0.3, 0.4) is 0 Å². The van der Waals surface area contributed by atoms with E-state index in [1.54, 1.807) is 7.05 Å². The van der Waals surface area contributed by atoms with Gasteiger partial charge in [-0.1, -0.05) is 20.8 Å². The minimum atomic E-state index is 0.593. The number of furan rings is 1. The number of rotatable bonds is 6. The van der Waals surface area contributed by atoms with Crippen LogP contribution < -0.4 is 0 Å². The van der Waals surface area contributed by atoms with Crippen LogP contribution in [0.2, 0.25) is 0 Å². The van der Waals surface area contributed by atoms with Gasteiger partial charge in [0, 0.05) is 23.7 Å². The largest absolute Gasteiger partial charge is 0.464 e. The maximum atomic E-state index is 5.65. The minimum Gasteiger partial charge on any atom is -0.464 e. The zero-order valence-corrected chi connectivity index (χ0v) is 13.9. The van der Waals surface area contributed by atoms with Crippen molar-refractivity contribution in [3.05, 3.63) is 41.7 Å². The van der Waals surface area contributed by atoms with Gasteiger partial charge >= 0.3 is 0 Å². The fourth-order valence-electron chi connectivity index (χ4n) is 2.54. The summed E-state index contributed by atoms with van der Waals surface area (Å²) in [6.45, 7) is 10.2. The second-order valence-corrected chi connectivity index (χ2v) is 5.83. The summed E-state index contributed by atoms with van der Waals surface area (Å²) in [6.07, 6.45) is 5.75. The van der Waals surface area contributed by atoms with Gasteiger partial charge in [0.1, 0.15) is 5.58 Å². The molecule has 0 aliphatic carbocycles. The zero-order valence-electron chi connectivity index (χ0n) is 13.9. The third-order valence-corrected chi connectivity index (χ3v) is 3.70. The molecule has 0 atom stereocenters. The molecular formula is C19H24N2O. The summed E-state index contributed by atoms with van der Waals surface area (Å²) in [6, 6.07) is 6.16. The summed E-state index contributed by atoms with van der Waals surface area (Å²) in [4.78, 5) is 8.44. The molecule has 0 fully saturated rings. The highest BCUT2D eigenvalue weighted by Gasteiger charge is 2.10. The molecule has 1 aromatic heterocycles. The summed E-state index contributed by atoms with van der Waals surface area (Å²) in [5.74, 6) is 0.593. The lowest BCUT2D eigenvalue weighted by Gasteiger charge is -2.05. The molecule has 0 spiro atoms. The van der Waals surface area contributed by atoms with Gasteiger partial charge in [0.25, 0.3) is 0 Å². The van der Waals surface area contributed by atoms with E-state index in [4.69, 9.17) is 4.42 Å². The van der Waals surface area contributed by atoms with Crippen LogP contribution in [0.5, 0.6) is 0 Å². The predicted octanol–water partition coefficient (Wildman–Crippen LogP) is 5.15. The lowest BCUT2D eigenvalue weighted by Crippen LogP contribution is -1.94. The Morgan fingerprint density at radius 2 is 2.14 bits per heavy atom. The van der Waals surface area contributed by atoms with E-state index in [2.05, 4.69) is 43.5 Å². The van der Waals surface area contributed by atoms with Crippen molar-refractivity contribution in [2.45, 2.75) is 33.6 Å². The average molecular weight is 296 g/mol. The Kier molecular flexibility index (Phi) is 5.31. The molecule has 0 unspecified atom stereocenters. The normalized spacial score (nSPS) is 13.1. The number of aliphatic imine (C=N–C) groups is 2. The van der Waals surface area contributed by atoms with Gasteiger partial charge in [-0.05, 0) is 55.3 Å². The lowest BCUT2D eigenvalue weighted by molar-refractivity contribution is 0.594. The van der Waals surface area contributed by atoms with Crippen molar-refractivity contribution in [3.8, 4) is 0 Å². The Morgan fingerprint density at radius 3 is 2.73 bits per heavy atom. The Bertz CT molecular complexity index is 720. The highest BCUT2D eigenvalue weighted by atomic mass is 16.3. The maximum absolute atomic E-state index is 5.65. The molecule has 0 saturated carbocycles. The summed E-state index contributed by atoms with van der Waals surface area (Å²) in [7, 11) is 1.80. The van der Waals surface area contributed by atoms with Crippen LogP contribution in [-0.2, 0) is 6.42 Å². The molecule has 3 heteroatoms. The van der Waals surface area contributed by atoms with E-state index in [9.17, 15) is 0 Å². The predicted molar refractivity (Wildman–Crippen MR) is 95.9 cm³/mol. The maximum Gasteiger partial charge on any atom is 0.134 e. The average Bonchev–Trinajstić information content (AvgIpc) is 2.90. The first-order valence-corrected chi connectivity index (χ1v) is 7.73. The zero-order chi connectivity index (χ0) is 16.1. The molecule has 0 radical (unpaired) electrons. The van der Waals surface area contributed by atoms with Crippen LogP contribution in [0.1, 0.15) is 38.3 Å². The molecule has 0 aliphatic rings. The first kappa shape index (κ1) is 16.2. The van der Waals surface area contributed by atoms with E-state index in [1.165, 1.54) is 5.56 Å². The van der Waals surface area contributed by atoms with Gasteiger partial charge in [-0.2, -0.15) is 0 Å². The van der Waals surface area contributed by atoms with E-state index in [1.807, 2.05) is 24.5 Å². The molecule has 2 aromatic rings. The molecule has 1 aromatic carbocycles. The number of nitrogens with zero attached hydrogens (tertiary/aromatic N) is 2. The molecule has 0 amide bonds. The number of hydrogen-bond acceptors (Lipinski definition) is 3. The summed E-state index contributed by atoms with van der Waals surface area (Å²) in [5.41, 5.74) is 5.07. The van der Waals surface area contributed by atoms with E-state index < -0.39 is 0 Å². The van der Waals surface area contributed by atoms with E-state index >= 15 is 0 Å². The van der Waals surface area contributed by atoms with E-state index in [0.29, 0.717) is 5.92 Å². The van der Waals surface area contributed by atoms with Gasteiger partial charge in [0.05, 0.1) is 12.0 Å². The fourth-order valence-corrected chi connectivity index (χ4v) is 2.54. The molecule has 3 nitrogen and oxygen atoms in total. The van der Waals surface area contributed by atoms with E-state index in [0.717, 1.165) is 40.8 Å². The van der Waals surface area contributed by atoms with Crippen molar-refractivity contribution in [1.29, 1.82) is 0 Å². The lowest BCUT2D eigenvalue weighted by atomic mass is 10.00. The standard InChI is InChI=1S/C19H24N2O/c1-6-16(20-4)11-18(21-5)14-7-8-19-17(10-14)15(12-22-19)9-13(2)3/h7-8,10-13H,5-6,9H2,1-4H3/b18-11-,20-16?. The van der Waals surface area contributed by atoms with Crippen LogP contribution in [0.4, 0.5) is 0 Å². The van der Waals surface area contributed by atoms with Crippen LogP contribution in [0, 0.1) is 5.92 Å². The van der Waals surface area contributed by atoms with Crippen molar-refractivity contribution in [2.24, 2.45) is 15.9 Å². The van der Waals surface area contributed by atoms with Crippen molar-refractivity contribution in [1.82, 2.24) is 0 Å². The Labute approximate surface area is 132 Å². The van der Waals surface area contributed by atoms with Crippen molar-refractivity contribution < 1.29 is 4.42 Å². The summed E-state index contributed by atoms with van der Waals surface area (Å²) < 4.78 is 5.65. The van der Waals surface area contributed by atoms with Gasteiger partial charge in [-0.25, -0.2) is 0 Å². The van der Waals surface area contributed by atoms with Gasteiger partial charge in [0.2, 0.25) is 0 Å². The number of fused-ring (bicyclic) bond motifs is 1. The second kappa shape index (κ2) is 7.21. The van der Waals surface area contributed by atoms with Gasteiger partial charge < -0.3 is 4.42 Å². The second-order valence-electron chi connectivity index (χ2n) is 5.83. The molecule has 0 saturated heterocycles.